The van der Waals surface area contributed by atoms with Crippen LogP contribution < -0.4 is 10.6 Å². The number of piperidine rings is 1. The first-order valence-electron chi connectivity index (χ1n) is 10.4. The van der Waals surface area contributed by atoms with E-state index in [1.807, 2.05) is 48.1 Å². The van der Waals surface area contributed by atoms with Crippen LogP contribution in [0.4, 0.5) is 4.79 Å². The zero-order valence-electron chi connectivity index (χ0n) is 17.1. The van der Waals surface area contributed by atoms with Gasteiger partial charge >= 0.3 is 6.03 Å². The molecule has 1 atom stereocenters. The molecule has 6 heteroatoms. The summed E-state index contributed by atoms with van der Waals surface area (Å²) in [6.45, 7) is 6.61. The lowest BCUT2D eigenvalue weighted by Gasteiger charge is -2.30. The summed E-state index contributed by atoms with van der Waals surface area (Å²) < 4.78 is 1.94. The van der Waals surface area contributed by atoms with Crippen LogP contribution in [-0.4, -0.2) is 46.7 Å². The Kier molecular flexibility index (Phi) is 7.48. The van der Waals surface area contributed by atoms with E-state index in [1.165, 1.54) is 25.9 Å². The average Bonchev–Trinajstić information content (AvgIpc) is 3.13. The van der Waals surface area contributed by atoms with Gasteiger partial charge in [0.15, 0.2) is 0 Å². The molecule has 0 saturated carbocycles. The smallest absolute Gasteiger partial charge is 0.315 e. The van der Waals surface area contributed by atoms with E-state index in [-0.39, 0.29) is 12.1 Å². The summed E-state index contributed by atoms with van der Waals surface area (Å²) in [5.74, 6) is 1.69. The van der Waals surface area contributed by atoms with E-state index in [1.54, 1.807) is 6.20 Å². The molecule has 1 saturated heterocycles. The molecule has 0 bridgehead atoms. The number of benzene rings is 1. The summed E-state index contributed by atoms with van der Waals surface area (Å²) in [4.78, 5) is 19.4. The lowest BCUT2D eigenvalue weighted by molar-refractivity contribution is 0.189. The molecule has 2 N–H and O–H groups in total. The summed E-state index contributed by atoms with van der Waals surface area (Å²) in [6.07, 6.45) is 8.40. The van der Waals surface area contributed by atoms with E-state index in [2.05, 4.69) is 27.4 Å². The van der Waals surface area contributed by atoms with Gasteiger partial charge in [0.25, 0.3) is 0 Å². The van der Waals surface area contributed by atoms with Crippen LogP contribution in [0.1, 0.15) is 50.0 Å². The van der Waals surface area contributed by atoms with Crippen molar-refractivity contribution in [2.75, 3.05) is 26.2 Å². The minimum atomic E-state index is -0.267. The second-order valence-electron chi connectivity index (χ2n) is 7.87. The minimum absolute atomic E-state index is 0.149. The topological polar surface area (TPSA) is 62.2 Å². The van der Waals surface area contributed by atoms with Gasteiger partial charge in [-0.25, -0.2) is 9.78 Å². The summed E-state index contributed by atoms with van der Waals surface area (Å²) >= 11 is 0. The van der Waals surface area contributed by atoms with Crippen molar-refractivity contribution in [3.63, 3.8) is 0 Å². The van der Waals surface area contributed by atoms with Crippen molar-refractivity contribution in [2.45, 2.75) is 38.6 Å². The van der Waals surface area contributed by atoms with Crippen LogP contribution in [0.25, 0.3) is 0 Å². The van der Waals surface area contributed by atoms with E-state index in [9.17, 15) is 4.79 Å². The van der Waals surface area contributed by atoms with Crippen LogP contribution in [-0.2, 0) is 7.05 Å². The van der Waals surface area contributed by atoms with Crippen LogP contribution in [0.2, 0.25) is 0 Å². The maximum absolute atomic E-state index is 12.5. The quantitative estimate of drug-likeness (QED) is 0.688. The summed E-state index contributed by atoms with van der Waals surface area (Å²) in [6, 6.07) is 9.54. The van der Waals surface area contributed by atoms with Gasteiger partial charge in [-0.15, -0.1) is 0 Å². The van der Waals surface area contributed by atoms with Crippen molar-refractivity contribution in [3.8, 4) is 0 Å². The maximum Gasteiger partial charge on any atom is 0.315 e. The number of hydrogen-bond acceptors (Lipinski definition) is 3. The Bertz CT molecular complexity index is 722. The van der Waals surface area contributed by atoms with Crippen LogP contribution in [0.5, 0.6) is 0 Å². The molecule has 3 rings (SSSR count). The molecule has 6 nitrogen and oxygen atoms in total. The third kappa shape index (κ3) is 5.83. The van der Waals surface area contributed by atoms with Crippen molar-refractivity contribution in [1.29, 1.82) is 0 Å². The van der Waals surface area contributed by atoms with Crippen LogP contribution in [0.3, 0.4) is 0 Å². The summed E-state index contributed by atoms with van der Waals surface area (Å²) in [7, 11) is 1.94. The van der Waals surface area contributed by atoms with Gasteiger partial charge in [-0.3, -0.25) is 0 Å². The van der Waals surface area contributed by atoms with Crippen molar-refractivity contribution in [2.24, 2.45) is 13.0 Å². The lowest BCUT2D eigenvalue weighted by Crippen LogP contribution is -2.40. The number of carbonyl (C=O) groups excluding carboxylic acids is 1. The van der Waals surface area contributed by atoms with Crippen molar-refractivity contribution in [1.82, 2.24) is 25.1 Å². The molecule has 28 heavy (non-hydrogen) atoms. The fraction of sp³-hybridized carbons (Fsp3) is 0.545. The van der Waals surface area contributed by atoms with Crippen LogP contribution in [0.15, 0.2) is 42.7 Å². The predicted octanol–water partition coefficient (Wildman–Crippen LogP) is 3.32. The Hall–Kier alpha value is -2.34. The number of nitrogens with zero attached hydrogens (tertiary/aromatic N) is 3. The summed E-state index contributed by atoms with van der Waals surface area (Å²) in [5.41, 5.74) is 1.02. The van der Waals surface area contributed by atoms with Crippen molar-refractivity contribution >= 4 is 6.03 Å². The third-order valence-electron chi connectivity index (χ3n) is 5.59. The number of aryl methyl sites for hydroxylation is 1. The number of unbranched alkanes of at least 4 members (excludes halogenated alkanes) is 1. The van der Waals surface area contributed by atoms with Gasteiger partial charge < -0.3 is 20.1 Å². The molecule has 0 radical (unpaired) electrons. The molecule has 0 aliphatic carbocycles. The molecule has 1 aromatic carbocycles. The number of carbonyl (C=O) groups is 1. The van der Waals surface area contributed by atoms with Gasteiger partial charge in [-0.2, -0.15) is 0 Å². The molecule has 2 aromatic rings. The highest BCUT2D eigenvalue weighted by Gasteiger charge is 2.20. The molecule has 1 aromatic heterocycles. The van der Waals surface area contributed by atoms with E-state index in [4.69, 9.17) is 0 Å². The average molecular weight is 384 g/mol. The van der Waals surface area contributed by atoms with Gasteiger partial charge in [-0.1, -0.05) is 37.3 Å². The number of aromatic nitrogens is 2. The molecule has 1 unspecified atom stereocenters. The van der Waals surface area contributed by atoms with Gasteiger partial charge in [-0.05, 0) is 56.8 Å². The molecular weight excluding hydrogens is 350 g/mol. The van der Waals surface area contributed by atoms with Gasteiger partial charge in [0.2, 0.25) is 0 Å². The Morgan fingerprint density at radius 3 is 2.64 bits per heavy atom. The van der Waals surface area contributed by atoms with E-state index in [0.29, 0.717) is 6.54 Å². The Morgan fingerprint density at radius 2 is 1.96 bits per heavy atom. The summed E-state index contributed by atoms with van der Waals surface area (Å²) in [5, 5.41) is 6.08. The second-order valence-corrected chi connectivity index (χ2v) is 7.87. The Balaban J connectivity index is 1.43. The number of hydrogen-bond donors (Lipinski definition) is 2. The number of amides is 2. The van der Waals surface area contributed by atoms with Crippen LogP contribution in [0, 0.1) is 5.92 Å². The van der Waals surface area contributed by atoms with Crippen LogP contribution >= 0.6 is 0 Å². The molecule has 1 fully saturated rings. The molecule has 1 aliphatic heterocycles. The first-order chi connectivity index (χ1) is 13.6. The molecular formula is C22H33N5O. The van der Waals surface area contributed by atoms with Gasteiger partial charge in [0, 0.05) is 26.0 Å². The number of likely N-dealkylation sites (tertiary alicyclic amines) is 1. The maximum atomic E-state index is 12.5. The lowest BCUT2D eigenvalue weighted by atomic mass is 9.99. The number of rotatable bonds is 8. The number of urea groups is 1. The van der Waals surface area contributed by atoms with E-state index in [0.717, 1.165) is 36.7 Å². The monoisotopic (exact) mass is 383 g/mol. The first-order valence-corrected chi connectivity index (χ1v) is 10.4. The zero-order chi connectivity index (χ0) is 19.8. The Labute approximate surface area is 168 Å². The number of nitrogens with one attached hydrogen (secondary N) is 2. The zero-order valence-corrected chi connectivity index (χ0v) is 17.1. The highest BCUT2D eigenvalue weighted by molar-refractivity contribution is 5.74. The standard InChI is InChI=1S/C22H33N5O/c1-18-10-15-27(16-11-18)14-7-6-12-24-22(28)25-20(19-8-4-3-5-9-19)21-23-13-17-26(21)2/h3-5,8-9,13,17-18,20H,6-7,10-12,14-16H2,1-2H3,(H2,24,25,28). The SMILES string of the molecule is CC1CCN(CCCCNC(=O)NC(c2ccccc2)c2nccn2C)CC1. The molecule has 0 spiro atoms. The third-order valence-corrected chi connectivity index (χ3v) is 5.59. The van der Waals surface area contributed by atoms with E-state index < -0.39 is 0 Å². The normalized spacial score (nSPS) is 16.6. The van der Waals surface area contributed by atoms with E-state index >= 15 is 0 Å². The molecule has 2 amide bonds. The highest BCUT2D eigenvalue weighted by Crippen LogP contribution is 2.20. The highest BCUT2D eigenvalue weighted by atomic mass is 16.2. The fourth-order valence-corrected chi connectivity index (χ4v) is 3.73. The molecule has 2 heterocycles. The second kappa shape index (κ2) is 10.3. The molecule has 1 aliphatic rings. The van der Waals surface area contributed by atoms with Gasteiger partial charge in [0.1, 0.15) is 11.9 Å². The predicted molar refractivity (Wildman–Crippen MR) is 112 cm³/mol. The molecule has 152 valence electrons. The van der Waals surface area contributed by atoms with Crippen molar-refractivity contribution in [3.05, 3.63) is 54.1 Å². The van der Waals surface area contributed by atoms with Crippen molar-refractivity contribution < 1.29 is 4.79 Å². The Morgan fingerprint density at radius 1 is 1.21 bits per heavy atom. The largest absolute Gasteiger partial charge is 0.338 e. The fourth-order valence-electron chi connectivity index (χ4n) is 3.73. The minimum Gasteiger partial charge on any atom is -0.338 e. The number of imidazole rings is 1. The van der Waals surface area contributed by atoms with Gasteiger partial charge in [0.05, 0.1) is 0 Å². The first kappa shape index (κ1) is 20.4.